The summed E-state index contributed by atoms with van der Waals surface area (Å²) >= 11 is 18.0. The van der Waals surface area contributed by atoms with Crippen molar-refractivity contribution >= 4 is 46.8 Å². The van der Waals surface area contributed by atoms with Gasteiger partial charge in [0.05, 0.1) is 59.5 Å². The first-order valence-electron chi connectivity index (χ1n) is 28.6. The zero-order valence-electron chi connectivity index (χ0n) is 48.2. The van der Waals surface area contributed by atoms with Crippen LogP contribution >= 0.6 is 34.8 Å². The summed E-state index contributed by atoms with van der Waals surface area (Å²) in [4.78, 5) is 27.5. The molecular formula is C65H73Cl3N2O17. The Hall–Kier alpha value is -5.95. The number of alkyl carbamates (subject to hydrolysis) is 1. The Morgan fingerprint density at radius 2 is 0.943 bits per heavy atom. The molecule has 0 bridgehead atoms. The van der Waals surface area contributed by atoms with Crippen LogP contribution in [0.4, 0.5) is 4.79 Å². The number of aliphatic hydroxyl groups is 2. The third-order valence-electron chi connectivity index (χ3n) is 14.6. The summed E-state index contributed by atoms with van der Waals surface area (Å²) in [5.74, 6) is 0.349. The number of alkyl halides is 3. The molecule has 3 aliphatic heterocycles. The molecule has 15 atom stereocenters. The van der Waals surface area contributed by atoms with Crippen LogP contribution in [0.5, 0.6) is 11.5 Å². The van der Waals surface area contributed by atoms with Crippen molar-refractivity contribution in [1.29, 1.82) is 0 Å². The Kier molecular flexibility index (Phi) is 24.5. The van der Waals surface area contributed by atoms with Gasteiger partial charge in [-0.3, -0.25) is 4.79 Å². The molecule has 19 nitrogen and oxygen atoms in total. The first-order chi connectivity index (χ1) is 42.2. The number of hydrogen-bond donors (Lipinski definition) is 4. The Morgan fingerprint density at radius 1 is 0.494 bits per heavy atom. The minimum atomic E-state index is -2.02. The molecule has 4 N–H and O–H groups in total. The highest BCUT2D eigenvalue weighted by molar-refractivity contribution is 6.67. The number of aliphatic hydroxyl groups excluding tert-OH is 2. The summed E-state index contributed by atoms with van der Waals surface area (Å²) in [6, 6.07) is 51.5. The van der Waals surface area contributed by atoms with E-state index in [9.17, 15) is 19.8 Å². The van der Waals surface area contributed by atoms with Gasteiger partial charge in [-0.1, -0.05) is 186 Å². The van der Waals surface area contributed by atoms with Gasteiger partial charge >= 0.3 is 6.09 Å². The molecule has 87 heavy (non-hydrogen) atoms. The van der Waals surface area contributed by atoms with E-state index >= 15 is 0 Å². The Balaban J connectivity index is 1.15. The summed E-state index contributed by atoms with van der Waals surface area (Å²) in [6.45, 7) is 2.60. The molecule has 0 saturated carbocycles. The van der Waals surface area contributed by atoms with Crippen molar-refractivity contribution in [2.75, 3.05) is 26.9 Å². The fraction of sp³-hybridized carbons (Fsp3) is 0.415. The van der Waals surface area contributed by atoms with Crippen molar-refractivity contribution in [2.45, 2.75) is 143 Å². The number of hydrogen-bond acceptors (Lipinski definition) is 17. The topological polar surface area (TPSA) is 219 Å². The summed E-state index contributed by atoms with van der Waals surface area (Å²) in [5, 5.41) is 29.5. The number of carbonyl (C=O) groups excluding carboxylic acids is 2. The lowest BCUT2D eigenvalue weighted by Gasteiger charge is -2.51. The average molecular weight is 1260 g/mol. The average Bonchev–Trinajstić information content (AvgIpc) is 1.63. The monoisotopic (exact) mass is 1260 g/mol. The van der Waals surface area contributed by atoms with Crippen molar-refractivity contribution in [3.63, 3.8) is 0 Å². The van der Waals surface area contributed by atoms with Gasteiger partial charge in [0.2, 0.25) is 16.0 Å². The van der Waals surface area contributed by atoms with E-state index in [1.54, 1.807) is 24.3 Å². The second-order valence-electron chi connectivity index (χ2n) is 21.1. The summed E-state index contributed by atoms with van der Waals surface area (Å²) < 4.78 is 83.8. The van der Waals surface area contributed by atoms with Crippen LogP contribution in [0.2, 0.25) is 0 Å². The molecule has 3 saturated heterocycles. The van der Waals surface area contributed by atoms with Gasteiger partial charge in [-0.05, 0) is 59.0 Å². The van der Waals surface area contributed by atoms with Gasteiger partial charge in [0.25, 0.3) is 0 Å². The van der Waals surface area contributed by atoms with Crippen LogP contribution in [-0.2, 0) is 89.9 Å². The summed E-state index contributed by atoms with van der Waals surface area (Å²) in [5.41, 5.74) is 4.27. The van der Waals surface area contributed by atoms with Crippen LogP contribution in [0.3, 0.4) is 0 Å². The molecule has 3 aliphatic rings. The maximum Gasteiger partial charge on any atom is 0.407 e. The van der Waals surface area contributed by atoms with Crippen molar-refractivity contribution in [3.05, 3.63) is 204 Å². The van der Waals surface area contributed by atoms with Crippen LogP contribution in [0.15, 0.2) is 176 Å². The van der Waals surface area contributed by atoms with Crippen LogP contribution in [0.25, 0.3) is 0 Å². The van der Waals surface area contributed by atoms with Gasteiger partial charge in [-0.2, -0.15) is 0 Å². The SMILES string of the molecule is COc1ccc(O[C@@H]2O[C@H](COCc3ccccc3)[C@@H](O[C@@H]3O[C@H](COCc4ccccc4)[C@H](O)[C@H](O)[C@H]3NC(=O)OCC(Cl)(Cl)Cl)[C@H](O[C@@H]3O[C@@H](C)[C@@H](OCc4ccccc4)[C@@H](OCc4ccccc4)[C@@H]3OCc3ccccc3)[C@H]2NC(C)=O)cc1. The fourth-order valence-corrected chi connectivity index (χ4v) is 10.5. The third-order valence-corrected chi connectivity index (χ3v) is 15.0. The molecule has 22 heteroatoms. The van der Waals surface area contributed by atoms with Crippen molar-refractivity contribution in [3.8, 4) is 11.5 Å². The number of carbonyl (C=O) groups is 2. The van der Waals surface area contributed by atoms with Gasteiger partial charge in [0.15, 0.2) is 12.6 Å². The normalized spacial score (nSPS) is 27.4. The number of nitrogens with one attached hydrogen (secondary N) is 2. The van der Waals surface area contributed by atoms with E-state index in [4.69, 9.17) is 96.4 Å². The third kappa shape index (κ3) is 19.3. The molecule has 0 aromatic heterocycles. The minimum absolute atomic E-state index is 0.0628. The second-order valence-corrected chi connectivity index (χ2v) is 23.7. The first kappa shape index (κ1) is 65.5. The molecule has 6 aromatic rings. The molecule has 0 unspecified atom stereocenters. The lowest BCUT2D eigenvalue weighted by Crippen LogP contribution is -2.71. The van der Waals surface area contributed by atoms with Crippen LogP contribution in [-0.4, -0.2) is 145 Å². The zero-order valence-corrected chi connectivity index (χ0v) is 50.5. The van der Waals surface area contributed by atoms with E-state index in [-0.39, 0.29) is 46.2 Å². The minimum Gasteiger partial charge on any atom is -0.497 e. The molecule has 3 heterocycles. The molecular weight excluding hydrogens is 1190 g/mol. The summed E-state index contributed by atoms with van der Waals surface area (Å²) in [7, 11) is 1.54. The maximum atomic E-state index is 13.8. The fourth-order valence-electron chi connectivity index (χ4n) is 10.3. The van der Waals surface area contributed by atoms with Gasteiger partial charge in [-0.25, -0.2) is 4.79 Å². The lowest BCUT2D eigenvalue weighted by atomic mass is 9.93. The van der Waals surface area contributed by atoms with Gasteiger partial charge in [-0.15, -0.1) is 0 Å². The molecule has 0 spiro atoms. The molecule has 0 radical (unpaired) electrons. The lowest BCUT2D eigenvalue weighted by molar-refractivity contribution is -0.369. The summed E-state index contributed by atoms with van der Waals surface area (Å²) in [6.07, 6.45) is -18.0. The number of halogens is 3. The van der Waals surface area contributed by atoms with Gasteiger partial charge in [0, 0.05) is 6.92 Å². The predicted molar refractivity (Wildman–Crippen MR) is 320 cm³/mol. The van der Waals surface area contributed by atoms with E-state index in [1.807, 2.05) is 159 Å². The number of benzene rings is 6. The van der Waals surface area contributed by atoms with E-state index in [0.29, 0.717) is 11.5 Å². The Morgan fingerprint density at radius 3 is 1.44 bits per heavy atom. The largest absolute Gasteiger partial charge is 0.497 e. The van der Waals surface area contributed by atoms with Gasteiger partial charge in [0.1, 0.15) is 85.1 Å². The number of amides is 2. The standard InChI is InChI=1S/C65H73Cl3N2O17/c1-41-56(78-35-45-23-13-6-14-24-45)59(79-36-46-25-15-7-16-26-46)60(80-37-47-27-17-8-18-28-47)63(82-41)87-58-53(69-42(2)71)62(83-49-31-29-48(75-3)30-32-49)85-51(39-77-34-44-21-11-5-12-22-44)57(58)86-61-52(70-64(74)81-40-65(66,67)68)55(73)54(72)50(84-61)38-76-33-43-19-9-4-10-20-43/h4-32,41,50-63,72-73H,33-40H2,1-3H3,(H,69,71)(H,70,74)/t41-,50+,51+,52+,53+,54-,55+,56+,57+,58+,59+,60-,61-,62+,63-/m0/s1. The highest BCUT2D eigenvalue weighted by Crippen LogP contribution is 2.38. The quantitative estimate of drug-likeness (QED) is 0.0354. The molecule has 2 amide bonds. The van der Waals surface area contributed by atoms with E-state index in [1.165, 1.54) is 14.0 Å². The predicted octanol–water partition coefficient (Wildman–Crippen LogP) is 8.92. The van der Waals surface area contributed by atoms with Crippen LogP contribution in [0.1, 0.15) is 41.7 Å². The highest BCUT2D eigenvalue weighted by atomic mass is 35.6. The number of methoxy groups -OCH3 is 1. The molecule has 9 rings (SSSR count). The molecule has 3 fully saturated rings. The van der Waals surface area contributed by atoms with Crippen molar-refractivity contribution < 1.29 is 81.4 Å². The molecule has 0 aliphatic carbocycles. The van der Waals surface area contributed by atoms with Crippen molar-refractivity contribution in [2.24, 2.45) is 0 Å². The number of ether oxygens (including phenoxy) is 13. The highest BCUT2D eigenvalue weighted by Gasteiger charge is 2.57. The first-order valence-corrected chi connectivity index (χ1v) is 29.7. The maximum absolute atomic E-state index is 13.8. The Bertz CT molecular complexity index is 2980. The van der Waals surface area contributed by atoms with E-state index in [2.05, 4.69) is 10.6 Å². The van der Waals surface area contributed by atoms with Crippen LogP contribution < -0.4 is 20.1 Å². The van der Waals surface area contributed by atoms with Crippen LogP contribution in [0, 0.1) is 0 Å². The van der Waals surface area contributed by atoms with E-state index in [0.717, 1.165) is 27.8 Å². The zero-order chi connectivity index (χ0) is 61.1. The second kappa shape index (κ2) is 32.5. The number of rotatable bonds is 27. The van der Waals surface area contributed by atoms with Gasteiger partial charge < -0.3 is 82.4 Å². The Labute approximate surface area is 521 Å². The molecule has 6 aromatic carbocycles. The molecule has 466 valence electrons. The smallest absolute Gasteiger partial charge is 0.407 e. The van der Waals surface area contributed by atoms with Crippen molar-refractivity contribution in [1.82, 2.24) is 10.6 Å². The van der Waals surface area contributed by atoms with E-state index < -0.39 is 114 Å².